The summed E-state index contributed by atoms with van der Waals surface area (Å²) in [5.41, 5.74) is 2.85. The molecule has 184 valence electrons. The van der Waals surface area contributed by atoms with E-state index in [4.69, 9.17) is 4.98 Å². The van der Waals surface area contributed by atoms with E-state index in [2.05, 4.69) is 48.6 Å². The molecule has 0 atom stereocenters. The largest absolute Gasteiger partial charge is 0.331 e. The molecule has 0 saturated carbocycles. The number of halogens is 2. The first kappa shape index (κ1) is 25.8. The maximum absolute atomic E-state index is 14.4. The van der Waals surface area contributed by atoms with Gasteiger partial charge in [-0.15, -0.1) is 0 Å². The Hall–Kier alpha value is -2.80. The molecule has 0 unspecified atom stereocenters. The van der Waals surface area contributed by atoms with Crippen molar-refractivity contribution in [2.45, 2.75) is 60.2 Å². The molecule has 0 radical (unpaired) electrons. The zero-order valence-corrected chi connectivity index (χ0v) is 20.9. The van der Waals surface area contributed by atoms with Gasteiger partial charge in [0.05, 0.1) is 23.1 Å². The Labute approximate surface area is 201 Å². The number of carbonyl (C=O) groups is 1. The van der Waals surface area contributed by atoms with E-state index in [0.717, 1.165) is 67.5 Å². The standard InChI is InChI=1S/C27H36F2N4O/c1-6-12-31(5)17-20-8-11-25-24(14-20)30-26(33(25)13-7-2)18-32(16-19(3)4)27(34)22-15-21(28)9-10-23(22)29/h8-11,14-15,19H,6-7,12-13,16-18H2,1-5H3. The molecule has 1 heterocycles. The first-order valence-electron chi connectivity index (χ1n) is 12.1. The van der Waals surface area contributed by atoms with E-state index in [1.807, 2.05) is 13.8 Å². The average Bonchev–Trinajstić information content (AvgIpc) is 3.11. The maximum Gasteiger partial charge on any atom is 0.257 e. The van der Waals surface area contributed by atoms with Crippen molar-refractivity contribution in [2.24, 2.45) is 5.92 Å². The SMILES string of the molecule is CCCN(C)Cc1ccc2c(c1)nc(CN(CC(C)C)C(=O)c1cc(F)ccc1F)n2CCC. The summed E-state index contributed by atoms with van der Waals surface area (Å²) in [4.78, 5) is 22.0. The highest BCUT2D eigenvalue weighted by Gasteiger charge is 2.23. The van der Waals surface area contributed by atoms with E-state index in [0.29, 0.717) is 6.54 Å². The number of aryl methyl sites for hydroxylation is 1. The lowest BCUT2D eigenvalue weighted by Crippen LogP contribution is -2.35. The Morgan fingerprint density at radius 3 is 2.50 bits per heavy atom. The van der Waals surface area contributed by atoms with Crippen molar-refractivity contribution in [3.63, 3.8) is 0 Å². The third-order valence-electron chi connectivity index (χ3n) is 5.76. The normalized spacial score (nSPS) is 11.7. The number of rotatable bonds is 11. The topological polar surface area (TPSA) is 41.4 Å². The first-order chi connectivity index (χ1) is 16.2. The summed E-state index contributed by atoms with van der Waals surface area (Å²) in [5.74, 6) is -0.967. The van der Waals surface area contributed by atoms with Gasteiger partial charge in [-0.2, -0.15) is 0 Å². The second-order valence-corrected chi connectivity index (χ2v) is 9.44. The van der Waals surface area contributed by atoms with Crippen molar-refractivity contribution in [3.05, 3.63) is 65.0 Å². The average molecular weight is 471 g/mol. The second-order valence-electron chi connectivity index (χ2n) is 9.44. The molecule has 34 heavy (non-hydrogen) atoms. The molecule has 0 bridgehead atoms. The quantitative estimate of drug-likeness (QED) is 0.352. The van der Waals surface area contributed by atoms with E-state index < -0.39 is 17.5 Å². The molecular formula is C27H36F2N4O. The van der Waals surface area contributed by atoms with Gasteiger partial charge in [0.25, 0.3) is 5.91 Å². The highest BCUT2D eigenvalue weighted by atomic mass is 19.1. The van der Waals surface area contributed by atoms with Crippen molar-refractivity contribution in [1.82, 2.24) is 19.4 Å². The minimum atomic E-state index is -0.719. The van der Waals surface area contributed by atoms with Gasteiger partial charge in [0.15, 0.2) is 0 Å². The highest BCUT2D eigenvalue weighted by molar-refractivity contribution is 5.94. The van der Waals surface area contributed by atoms with Crippen LogP contribution in [0.3, 0.4) is 0 Å². The van der Waals surface area contributed by atoms with E-state index >= 15 is 0 Å². The third kappa shape index (κ3) is 6.20. The summed E-state index contributed by atoms with van der Waals surface area (Å²) in [7, 11) is 2.11. The number of nitrogens with zero attached hydrogens (tertiary/aromatic N) is 4. The van der Waals surface area contributed by atoms with E-state index in [1.165, 1.54) is 5.56 Å². The Kier molecular flexibility index (Phi) is 8.78. The van der Waals surface area contributed by atoms with Gasteiger partial charge in [-0.1, -0.05) is 33.8 Å². The predicted molar refractivity (Wildman–Crippen MR) is 133 cm³/mol. The second kappa shape index (κ2) is 11.6. The van der Waals surface area contributed by atoms with Crippen LogP contribution in [0.1, 0.15) is 62.3 Å². The molecule has 7 heteroatoms. The molecule has 0 aliphatic heterocycles. The van der Waals surface area contributed by atoms with Crippen molar-refractivity contribution in [1.29, 1.82) is 0 Å². The van der Waals surface area contributed by atoms with Gasteiger partial charge in [0, 0.05) is 19.6 Å². The maximum atomic E-state index is 14.4. The fourth-order valence-corrected chi connectivity index (χ4v) is 4.35. The number of benzene rings is 2. The van der Waals surface area contributed by atoms with Crippen molar-refractivity contribution < 1.29 is 13.6 Å². The van der Waals surface area contributed by atoms with Crippen molar-refractivity contribution >= 4 is 16.9 Å². The Morgan fingerprint density at radius 2 is 1.82 bits per heavy atom. The molecule has 2 aromatic carbocycles. The lowest BCUT2D eigenvalue weighted by atomic mass is 10.1. The fourth-order valence-electron chi connectivity index (χ4n) is 4.35. The van der Waals surface area contributed by atoms with Gasteiger partial charge >= 0.3 is 0 Å². The Bertz CT molecular complexity index is 1130. The van der Waals surface area contributed by atoms with Crippen LogP contribution in [-0.4, -0.2) is 45.4 Å². The lowest BCUT2D eigenvalue weighted by Gasteiger charge is -2.25. The Morgan fingerprint density at radius 1 is 1.06 bits per heavy atom. The van der Waals surface area contributed by atoms with Crippen LogP contribution in [0.15, 0.2) is 36.4 Å². The first-order valence-corrected chi connectivity index (χ1v) is 12.1. The summed E-state index contributed by atoms with van der Waals surface area (Å²) in [6.07, 6.45) is 2.01. The zero-order valence-electron chi connectivity index (χ0n) is 20.9. The van der Waals surface area contributed by atoms with Crippen molar-refractivity contribution in [2.75, 3.05) is 20.1 Å². The van der Waals surface area contributed by atoms with Gasteiger partial charge in [-0.05, 0) is 68.2 Å². The van der Waals surface area contributed by atoms with E-state index in [-0.39, 0.29) is 18.0 Å². The van der Waals surface area contributed by atoms with Crippen LogP contribution in [0, 0.1) is 17.6 Å². The molecule has 0 saturated heterocycles. The van der Waals surface area contributed by atoms with Crippen LogP contribution in [0.4, 0.5) is 8.78 Å². The molecule has 0 aliphatic rings. The van der Waals surface area contributed by atoms with E-state index in [9.17, 15) is 13.6 Å². The minimum Gasteiger partial charge on any atom is -0.331 e. The molecule has 0 spiro atoms. The predicted octanol–water partition coefficient (Wildman–Crippen LogP) is 5.86. The fraction of sp³-hybridized carbons (Fsp3) is 0.481. The Balaban J connectivity index is 1.97. The number of fused-ring (bicyclic) bond motifs is 1. The van der Waals surface area contributed by atoms with E-state index in [1.54, 1.807) is 4.90 Å². The highest BCUT2D eigenvalue weighted by Crippen LogP contribution is 2.22. The number of aromatic nitrogens is 2. The molecule has 0 fully saturated rings. The molecular weight excluding hydrogens is 434 g/mol. The number of amides is 1. The van der Waals surface area contributed by atoms with Crippen LogP contribution in [-0.2, 0) is 19.6 Å². The monoisotopic (exact) mass is 470 g/mol. The van der Waals surface area contributed by atoms with Crippen molar-refractivity contribution in [3.8, 4) is 0 Å². The molecule has 0 N–H and O–H groups in total. The molecule has 1 amide bonds. The molecule has 1 aromatic heterocycles. The van der Waals surface area contributed by atoms with Crippen LogP contribution in [0.5, 0.6) is 0 Å². The zero-order chi connectivity index (χ0) is 24.8. The van der Waals surface area contributed by atoms with Crippen LogP contribution >= 0.6 is 0 Å². The van der Waals surface area contributed by atoms with Gasteiger partial charge in [0.2, 0.25) is 0 Å². The third-order valence-corrected chi connectivity index (χ3v) is 5.76. The van der Waals surface area contributed by atoms with Gasteiger partial charge in [-0.25, -0.2) is 13.8 Å². The number of imidazole rings is 1. The van der Waals surface area contributed by atoms with Gasteiger partial charge in [-0.3, -0.25) is 4.79 Å². The molecule has 0 aliphatic carbocycles. The summed E-state index contributed by atoms with van der Waals surface area (Å²) >= 11 is 0. The van der Waals surface area contributed by atoms with Gasteiger partial charge in [0.1, 0.15) is 17.5 Å². The van der Waals surface area contributed by atoms with Gasteiger partial charge < -0.3 is 14.4 Å². The summed E-state index contributed by atoms with van der Waals surface area (Å²) in [6, 6.07) is 9.33. The van der Waals surface area contributed by atoms with Crippen LogP contribution in [0.25, 0.3) is 11.0 Å². The summed E-state index contributed by atoms with van der Waals surface area (Å²) in [6.45, 7) is 11.5. The number of carbonyl (C=O) groups excluding carboxylic acids is 1. The summed E-state index contributed by atoms with van der Waals surface area (Å²) < 4.78 is 30.3. The molecule has 5 nitrogen and oxygen atoms in total. The number of hydrogen-bond donors (Lipinski definition) is 0. The number of hydrogen-bond acceptors (Lipinski definition) is 3. The van der Waals surface area contributed by atoms with Crippen LogP contribution in [0.2, 0.25) is 0 Å². The molecule has 3 aromatic rings. The van der Waals surface area contributed by atoms with Crippen LogP contribution < -0.4 is 0 Å². The summed E-state index contributed by atoms with van der Waals surface area (Å²) in [5, 5.41) is 0. The molecule has 3 rings (SSSR count). The smallest absolute Gasteiger partial charge is 0.257 e. The lowest BCUT2D eigenvalue weighted by molar-refractivity contribution is 0.0711. The minimum absolute atomic E-state index is 0.158.